The maximum Gasteiger partial charge on any atom is 0.238 e. The standard InChI is InChI=1S/C23H25ClN6O2/c1-17(31)26-19-5-3-6-20(15-19)27-22(32)16-28-10-12-29(13-11-28)23-25-8-9-30(23)21-7-2-4-18(24)14-21/h2-9,14-15H,10-13,16H2,1H3,(H,26,31)(H,27,32). The molecule has 1 aliphatic heterocycles. The minimum Gasteiger partial charge on any atom is -0.339 e. The Kier molecular flexibility index (Phi) is 6.72. The Bertz CT molecular complexity index is 1110. The van der Waals surface area contributed by atoms with Crippen molar-refractivity contribution in [3.05, 3.63) is 65.9 Å². The lowest BCUT2D eigenvalue weighted by Crippen LogP contribution is -2.49. The molecule has 3 aromatic rings. The Morgan fingerprint density at radius 2 is 1.72 bits per heavy atom. The van der Waals surface area contributed by atoms with Gasteiger partial charge in [-0.05, 0) is 36.4 Å². The highest BCUT2D eigenvalue weighted by Gasteiger charge is 2.22. The van der Waals surface area contributed by atoms with Gasteiger partial charge in [-0.15, -0.1) is 0 Å². The zero-order valence-electron chi connectivity index (χ0n) is 17.8. The Balaban J connectivity index is 1.32. The van der Waals surface area contributed by atoms with Gasteiger partial charge in [0, 0.05) is 67.6 Å². The fourth-order valence-corrected chi connectivity index (χ4v) is 3.93. The van der Waals surface area contributed by atoms with Gasteiger partial charge in [0.15, 0.2) is 0 Å². The van der Waals surface area contributed by atoms with Crippen molar-refractivity contribution >= 4 is 40.7 Å². The van der Waals surface area contributed by atoms with Crippen molar-refractivity contribution < 1.29 is 9.59 Å². The second-order valence-electron chi connectivity index (χ2n) is 7.65. The van der Waals surface area contributed by atoms with Crippen LogP contribution in [-0.2, 0) is 9.59 Å². The van der Waals surface area contributed by atoms with Crippen LogP contribution in [0, 0.1) is 0 Å². The number of hydrogen-bond donors (Lipinski definition) is 2. The van der Waals surface area contributed by atoms with E-state index in [1.807, 2.05) is 35.0 Å². The third-order valence-electron chi connectivity index (χ3n) is 5.20. The van der Waals surface area contributed by atoms with E-state index >= 15 is 0 Å². The largest absolute Gasteiger partial charge is 0.339 e. The van der Waals surface area contributed by atoms with Crippen molar-refractivity contribution in [2.75, 3.05) is 48.3 Å². The Morgan fingerprint density at radius 1 is 1.00 bits per heavy atom. The van der Waals surface area contributed by atoms with Crippen molar-refractivity contribution in [2.24, 2.45) is 0 Å². The number of nitrogens with one attached hydrogen (secondary N) is 2. The van der Waals surface area contributed by atoms with Gasteiger partial charge in [0.05, 0.1) is 6.54 Å². The van der Waals surface area contributed by atoms with Crippen molar-refractivity contribution in [1.82, 2.24) is 14.5 Å². The molecule has 1 aromatic heterocycles. The van der Waals surface area contributed by atoms with E-state index in [2.05, 4.69) is 25.4 Å². The molecule has 0 saturated carbocycles. The molecular formula is C23H25ClN6O2. The highest BCUT2D eigenvalue weighted by atomic mass is 35.5. The first-order chi connectivity index (χ1) is 15.5. The molecule has 0 bridgehead atoms. The lowest BCUT2D eigenvalue weighted by atomic mass is 10.2. The number of benzene rings is 2. The van der Waals surface area contributed by atoms with Crippen LogP contribution in [0.1, 0.15) is 6.92 Å². The molecule has 1 fully saturated rings. The molecule has 1 aliphatic rings. The number of anilines is 3. The van der Waals surface area contributed by atoms with Gasteiger partial charge < -0.3 is 15.5 Å². The number of amides is 2. The predicted octanol–water partition coefficient (Wildman–Crippen LogP) is 3.24. The Labute approximate surface area is 191 Å². The topological polar surface area (TPSA) is 82.5 Å². The molecule has 32 heavy (non-hydrogen) atoms. The molecular weight excluding hydrogens is 428 g/mol. The van der Waals surface area contributed by atoms with Gasteiger partial charge >= 0.3 is 0 Å². The molecule has 1 saturated heterocycles. The minimum atomic E-state index is -0.151. The molecule has 8 nitrogen and oxygen atoms in total. The monoisotopic (exact) mass is 452 g/mol. The summed E-state index contributed by atoms with van der Waals surface area (Å²) >= 11 is 6.15. The first kappa shape index (κ1) is 21.9. The summed E-state index contributed by atoms with van der Waals surface area (Å²) in [5, 5.41) is 6.30. The maximum atomic E-state index is 12.5. The third kappa shape index (κ3) is 5.46. The summed E-state index contributed by atoms with van der Waals surface area (Å²) in [7, 11) is 0. The molecule has 0 atom stereocenters. The van der Waals surface area contributed by atoms with Crippen molar-refractivity contribution in [1.29, 1.82) is 0 Å². The zero-order chi connectivity index (χ0) is 22.5. The number of carbonyl (C=O) groups is 2. The highest BCUT2D eigenvalue weighted by molar-refractivity contribution is 6.30. The van der Waals surface area contributed by atoms with E-state index in [0.29, 0.717) is 22.9 Å². The van der Waals surface area contributed by atoms with Crippen LogP contribution in [0.4, 0.5) is 17.3 Å². The molecule has 2 N–H and O–H groups in total. The van der Waals surface area contributed by atoms with Gasteiger partial charge in [0.1, 0.15) is 0 Å². The van der Waals surface area contributed by atoms with Gasteiger partial charge in [-0.3, -0.25) is 19.1 Å². The van der Waals surface area contributed by atoms with Crippen LogP contribution in [-0.4, -0.2) is 59.0 Å². The first-order valence-corrected chi connectivity index (χ1v) is 10.8. The number of rotatable bonds is 6. The number of imidazole rings is 1. The minimum absolute atomic E-state index is 0.0844. The van der Waals surface area contributed by atoms with Crippen molar-refractivity contribution in [2.45, 2.75) is 6.92 Å². The maximum absolute atomic E-state index is 12.5. The Hall–Kier alpha value is -3.36. The smallest absolute Gasteiger partial charge is 0.238 e. The quantitative estimate of drug-likeness (QED) is 0.600. The van der Waals surface area contributed by atoms with Gasteiger partial charge in [-0.1, -0.05) is 23.7 Å². The summed E-state index contributed by atoms with van der Waals surface area (Å²) in [6, 6.07) is 14.8. The van der Waals surface area contributed by atoms with Crippen LogP contribution in [0.2, 0.25) is 5.02 Å². The number of nitrogens with zero attached hydrogens (tertiary/aromatic N) is 4. The van der Waals surface area contributed by atoms with Gasteiger partial charge in [-0.25, -0.2) is 4.98 Å². The zero-order valence-corrected chi connectivity index (χ0v) is 18.5. The number of aromatic nitrogens is 2. The fraction of sp³-hybridized carbons (Fsp3) is 0.261. The van der Waals surface area contributed by atoms with E-state index in [1.165, 1.54) is 6.92 Å². The number of carbonyl (C=O) groups excluding carboxylic acids is 2. The van der Waals surface area contributed by atoms with E-state index in [9.17, 15) is 9.59 Å². The average Bonchev–Trinajstić information content (AvgIpc) is 3.24. The van der Waals surface area contributed by atoms with Crippen LogP contribution in [0.3, 0.4) is 0 Å². The second-order valence-corrected chi connectivity index (χ2v) is 8.09. The molecule has 166 valence electrons. The highest BCUT2D eigenvalue weighted by Crippen LogP contribution is 2.22. The summed E-state index contributed by atoms with van der Waals surface area (Å²) in [5.41, 5.74) is 2.27. The van der Waals surface area contributed by atoms with Crippen LogP contribution in [0.25, 0.3) is 5.69 Å². The van der Waals surface area contributed by atoms with E-state index in [1.54, 1.807) is 30.5 Å². The van der Waals surface area contributed by atoms with E-state index in [0.717, 1.165) is 37.8 Å². The number of piperazine rings is 1. The molecule has 0 unspecified atom stereocenters. The predicted molar refractivity (Wildman–Crippen MR) is 127 cm³/mol. The van der Waals surface area contributed by atoms with Crippen molar-refractivity contribution in [3.63, 3.8) is 0 Å². The normalized spacial score (nSPS) is 14.2. The summed E-state index contributed by atoms with van der Waals surface area (Å²) in [5.74, 6) is 0.632. The molecule has 4 rings (SSSR count). The van der Waals surface area contributed by atoms with Crippen LogP contribution in [0.5, 0.6) is 0 Å². The van der Waals surface area contributed by atoms with Gasteiger partial charge in [-0.2, -0.15) is 0 Å². The second kappa shape index (κ2) is 9.84. The summed E-state index contributed by atoms with van der Waals surface area (Å²) < 4.78 is 2.02. The average molecular weight is 453 g/mol. The first-order valence-electron chi connectivity index (χ1n) is 10.4. The summed E-state index contributed by atoms with van der Waals surface area (Å²) in [6.07, 6.45) is 3.71. The Morgan fingerprint density at radius 3 is 2.44 bits per heavy atom. The van der Waals surface area contributed by atoms with E-state index in [4.69, 9.17) is 11.6 Å². The molecule has 0 aliphatic carbocycles. The SMILES string of the molecule is CC(=O)Nc1cccc(NC(=O)CN2CCN(c3nccn3-c3cccc(Cl)c3)CC2)c1. The lowest BCUT2D eigenvalue weighted by Gasteiger charge is -2.35. The van der Waals surface area contributed by atoms with Gasteiger partial charge in [0.2, 0.25) is 17.8 Å². The number of hydrogen-bond acceptors (Lipinski definition) is 5. The molecule has 2 heterocycles. The van der Waals surface area contributed by atoms with Gasteiger partial charge in [0.25, 0.3) is 0 Å². The van der Waals surface area contributed by atoms with Crippen LogP contribution in [0.15, 0.2) is 60.9 Å². The fourth-order valence-electron chi connectivity index (χ4n) is 3.74. The molecule has 0 spiro atoms. The lowest BCUT2D eigenvalue weighted by molar-refractivity contribution is -0.117. The molecule has 0 radical (unpaired) electrons. The van der Waals surface area contributed by atoms with E-state index in [-0.39, 0.29) is 11.8 Å². The third-order valence-corrected chi connectivity index (χ3v) is 5.43. The molecule has 9 heteroatoms. The summed E-state index contributed by atoms with van der Waals surface area (Å²) in [4.78, 5) is 32.6. The summed E-state index contributed by atoms with van der Waals surface area (Å²) in [6.45, 7) is 4.79. The molecule has 2 aromatic carbocycles. The number of halogens is 1. The van der Waals surface area contributed by atoms with Crippen molar-refractivity contribution in [3.8, 4) is 5.69 Å². The van der Waals surface area contributed by atoms with E-state index < -0.39 is 0 Å². The van der Waals surface area contributed by atoms with Crippen LogP contribution >= 0.6 is 11.6 Å². The van der Waals surface area contributed by atoms with Crippen LogP contribution < -0.4 is 15.5 Å². The molecule has 2 amide bonds.